The number of likely N-dealkylation sites (tertiary alicyclic amines) is 1. The first-order valence-corrected chi connectivity index (χ1v) is 12.2. The SMILES string of the molecule is CC(C)(C)OC(=O)N1CCC2C1NC(=S)N2[C@H]1COc2cc(Cc3ccccc3)c(O)cc2C1. The lowest BCUT2D eigenvalue weighted by Crippen LogP contribution is -2.49. The third kappa shape index (κ3) is 4.39. The van der Waals surface area contributed by atoms with Gasteiger partial charge in [0.1, 0.15) is 29.9 Å². The molecular formula is C26H31N3O4S. The molecule has 2 unspecified atom stereocenters. The number of fused-ring (bicyclic) bond motifs is 2. The van der Waals surface area contributed by atoms with Gasteiger partial charge in [0, 0.05) is 18.5 Å². The lowest BCUT2D eigenvalue weighted by molar-refractivity contribution is 0.0203. The van der Waals surface area contributed by atoms with Gasteiger partial charge in [0.05, 0.1) is 12.1 Å². The number of carbonyl (C=O) groups excluding carboxylic acids is 1. The molecule has 2 saturated heterocycles. The summed E-state index contributed by atoms with van der Waals surface area (Å²) in [6.07, 6.45) is 1.65. The first-order chi connectivity index (χ1) is 16.2. The zero-order valence-electron chi connectivity index (χ0n) is 19.8. The fraction of sp³-hybridized carbons (Fsp3) is 0.462. The quantitative estimate of drug-likeness (QED) is 0.646. The van der Waals surface area contributed by atoms with E-state index in [1.54, 1.807) is 4.90 Å². The number of nitrogens with one attached hydrogen (secondary N) is 1. The van der Waals surface area contributed by atoms with Crippen molar-refractivity contribution in [3.8, 4) is 11.5 Å². The number of benzene rings is 2. The van der Waals surface area contributed by atoms with Gasteiger partial charge in [0.15, 0.2) is 5.11 Å². The van der Waals surface area contributed by atoms with Gasteiger partial charge in [0.2, 0.25) is 0 Å². The van der Waals surface area contributed by atoms with E-state index in [0.717, 1.165) is 28.9 Å². The molecule has 3 aliphatic heterocycles. The van der Waals surface area contributed by atoms with Gasteiger partial charge in [0.25, 0.3) is 0 Å². The molecule has 2 fully saturated rings. The highest BCUT2D eigenvalue weighted by Crippen LogP contribution is 2.37. The first kappa shape index (κ1) is 22.8. The molecule has 1 amide bonds. The lowest BCUT2D eigenvalue weighted by Gasteiger charge is -2.36. The molecule has 0 saturated carbocycles. The minimum Gasteiger partial charge on any atom is -0.508 e. The fourth-order valence-corrected chi connectivity index (χ4v) is 5.54. The molecule has 180 valence electrons. The van der Waals surface area contributed by atoms with E-state index in [4.69, 9.17) is 21.7 Å². The van der Waals surface area contributed by atoms with Gasteiger partial charge in [-0.1, -0.05) is 30.3 Å². The van der Waals surface area contributed by atoms with E-state index in [9.17, 15) is 9.90 Å². The second-order valence-electron chi connectivity index (χ2n) is 10.3. The molecule has 2 N–H and O–H groups in total. The smallest absolute Gasteiger partial charge is 0.412 e. The van der Waals surface area contributed by atoms with E-state index >= 15 is 0 Å². The van der Waals surface area contributed by atoms with Crippen LogP contribution in [0.25, 0.3) is 0 Å². The molecule has 0 radical (unpaired) electrons. The number of phenols is 1. The summed E-state index contributed by atoms with van der Waals surface area (Å²) < 4.78 is 11.8. The van der Waals surface area contributed by atoms with E-state index in [0.29, 0.717) is 31.1 Å². The van der Waals surface area contributed by atoms with Crippen LogP contribution in [0.1, 0.15) is 43.9 Å². The summed E-state index contributed by atoms with van der Waals surface area (Å²) in [5.74, 6) is 1.10. The highest BCUT2D eigenvalue weighted by molar-refractivity contribution is 7.80. The molecule has 5 rings (SSSR count). The van der Waals surface area contributed by atoms with Crippen LogP contribution in [0.3, 0.4) is 0 Å². The third-order valence-corrected chi connectivity index (χ3v) is 6.97. The second kappa shape index (κ2) is 8.65. The van der Waals surface area contributed by atoms with Crippen molar-refractivity contribution in [1.29, 1.82) is 0 Å². The van der Waals surface area contributed by atoms with Crippen LogP contribution in [-0.2, 0) is 17.6 Å². The number of amides is 1. The van der Waals surface area contributed by atoms with Crippen molar-refractivity contribution in [2.75, 3.05) is 13.2 Å². The monoisotopic (exact) mass is 481 g/mol. The van der Waals surface area contributed by atoms with Crippen LogP contribution in [0.2, 0.25) is 0 Å². The number of carbonyl (C=O) groups is 1. The maximum Gasteiger partial charge on any atom is 0.412 e. The van der Waals surface area contributed by atoms with E-state index in [1.807, 2.05) is 51.1 Å². The summed E-state index contributed by atoms with van der Waals surface area (Å²) in [4.78, 5) is 16.6. The molecule has 2 aromatic rings. The molecule has 8 heteroatoms. The number of hydrogen-bond donors (Lipinski definition) is 2. The predicted molar refractivity (Wildman–Crippen MR) is 133 cm³/mol. The van der Waals surface area contributed by atoms with E-state index in [1.165, 1.54) is 0 Å². The number of phenolic OH excluding ortho intramolecular Hbond substituents is 1. The molecular weight excluding hydrogens is 450 g/mol. The van der Waals surface area contributed by atoms with E-state index in [2.05, 4.69) is 22.3 Å². The molecule has 0 aliphatic carbocycles. The average molecular weight is 482 g/mol. The normalized spacial score (nSPS) is 23.7. The summed E-state index contributed by atoms with van der Waals surface area (Å²) in [6.45, 7) is 6.73. The van der Waals surface area contributed by atoms with E-state index < -0.39 is 5.60 Å². The Balaban J connectivity index is 1.30. The van der Waals surface area contributed by atoms with Gasteiger partial charge in [-0.25, -0.2) is 4.79 Å². The van der Waals surface area contributed by atoms with Crippen LogP contribution in [0, 0.1) is 0 Å². The Bertz CT molecular complexity index is 1100. The molecule has 3 heterocycles. The van der Waals surface area contributed by atoms with Crippen LogP contribution in [0.15, 0.2) is 42.5 Å². The lowest BCUT2D eigenvalue weighted by atomic mass is 9.96. The van der Waals surface area contributed by atoms with Crippen LogP contribution in [0.4, 0.5) is 4.79 Å². The summed E-state index contributed by atoms with van der Waals surface area (Å²) in [7, 11) is 0. The average Bonchev–Trinajstić information content (AvgIpc) is 3.31. The van der Waals surface area contributed by atoms with E-state index in [-0.39, 0.29) is 30.1 Å². The minimum absolute atomic E-state index is 0.0282. The molecule has 0 bridgehead atoms. The topological polar surface area (TPSA) is 74.3 Å². The van der Waals surface area contributed by atoms with Crippen LogP contribution >= 0.6 is 12.2 Å². The van der Waals surface area contributed by atoms with Gasteiger partial charge in [-0.05, 0) is 69.1 Å². The maximum atomic E-state index is 12.7. The molecule has 0 aromatic heterocycles. The Labute approximate surface area is 205 Å². The van der Waals surface area contributed by atoms with Crippen LogP contribution in [0.5, 0.6) is 11.5 Å². The summed E-state index contributed by atoms with van der Waals surface area (Å²) in [6, 6.07) is 14.0. The minimum atomic E-state index is -0.545. The van der Waals surface area contributed by atoms with Crippen molar-refractivity contribution in [3.05, 3.63) is 59.2 Å². The van der Waals surface area contributed by atoms with Crippen molar-refractivity contribution < 1.29 is 19.4 Å². The third-order valence-electron chi connectivity index (χ3n) is 6.64. The summed E-state index contributed by atoms with van der Waals surface area (Å²) in [5.41, 5.74) is 2.42. The van der Waals surface area contributed by atoms with Crippen molar-refractivity contribution >= 4 is 23.4 Å². The number of ether oxygens (including phenoxy) is 2. The summed E-state index contributed by atoms with van der Waals surface area (Å²) >= 11 is 5.67. The van der Waals surface area contributed by atoms with Gasteiger partial charge >= 0.3 is 6.09 Å². The Morgan fingerprint density at radius 1 is 1.26 bits per heavy atom. The number of nitrogens with zero attached hydrogens (tertiary/aromatic N) is 2. The van der Waals surface area contributed by atoms with Crippen molar-refractivity contribution in [1.82, 2.24) is 15.1 Å². The summed E-state index contributed by atoms with van der Waals surface area (Å²) in [5, 5.41) is 14.7. The molecule has 0 spiro atoms. The van der Waals surface area contributed by atoms with Crippen molar-refractivity contribution in [2.45, 2.75) is 63.9 Å². The van der Waals surface area contributed by atoms with Gasteiger partial charge in [-0.15, -0.1) is 0 Å². The Hall–Kier alpha value is -3.00. The van der Waals surface area contributed by atoms with Crippen LogP contribution < -0.4 is 10.1 Å². The molecule has 34 heavy (non-hydrogen) atoms. The number of hydrogen-bond acceptors (Lipinski definition) is 5. The fourth-order valence-electron chi connectivity index (χ4n) is 5.14. The Morgan fingerprint density at radius 3 is 2.76 bits per heavy atom. The van der Waals surface area contributed by atoms with Crippen LogP contribution in [-0.4, -0.2) is 63.1 Å². The Morgan fingerprint density at radius 2 is 2.03 bits per heavy atom. The molecule has 7 nitrogen and oxygen atoms in total. The second-order valence-corrected chi connectivity index (χ2v) is 10.6. The molecule has 3 aliphatic rings. The van der Waals surface area contributed by atoms with Gasteiger partial charge < -0.3 is 24.8 Å². The van der Waals surface area contributed by atoms with Crippen molar-refractivity contribution in [2.24, 2.45) is 0 Å². The predicted octanol–water partition coefficient (Wildman–Crippen LogP) is 3.81. The molecule has 2 aromatic carbocycles. The maximum absolute atomic E-state index is 12.7. The number of thiocarbonyl (C=S) groups is 1. The number of rotatable bonds is 3. The van der Waals surface area contributed by atoms with Crippen molar-refractivity contribution in [3.63, 3.8) is 0 Å². The Kier molecular flexibility index (Phi) is 5.80. The zero-order chi connectivity index (χ0) is 24.0. The highest BCUT2D eigenvalue weighted by atomic mass is 32.1. The zero-order valence-corrected chi connectivity index (χ0v) is 20.6. The standard InChI is InChI=1S/C26H31N3O4S/c1-26(2,3)33-25(31)28-10-9-20-23(28)27-24(34)29(20)19-12-18-13-21(30)17(14-22(18)32-15-19)11-16-7-5-4-6-8-16/h4-8,13-14,19-20,23,30H,9-12,15H2,1-3H3,(H,27,34)/t19-,20?,23?/m1/s1. The van der Waals surface area contributed by atoms with Gasteiger partial charge in [-0.3, -0.25) is 4.90 Å². The first-order valence-electron chi connectivity index (χ1n) is 11.8. The number of aromatic hydroxyl groups is 1. The highest BCUT2D eigenvalue weighted by Gasteiger charge is 2.50. The van der Waals surface area contributed by atoms with Gasteiger partial charge in [-0.2, -0.15) is 0 Å². The largest absolute Gasteiger partial charge is 0.508 e. The molecule has 3 atom stereocenters.